The SMILES string of the molecule is COc1ccc(C(=O)NC[C@@H](C)O)cc1NC(=O)OC(C)(C)C. The standard InChI is InChI=1S/C16H24N2O5/c1-10(19)9-17-14(20)11-6-7-13(22-5)12(8-11)18-15(21)23-16(2,3)4/h6-8,10,19H,9H2,1-5H3,(H,17,20)(H,18,21)/t10-/m1/s1. The first-order chi connectivity index (χ1) is 10.6. The average Bonchev–Trinajstić information content (AvgIpc) is 2.42. The molecule has 0 aromatic heterocycles. The Labute approximate surface area is 136 Å². The molecular weight excluding hydrogens is 300 g/mol. The van der Waals surface area contributed by atoms with Crippen molar-refractivity contribution in [3.05, 3.63) is 23.8 Å². The van der Waals surface area contributed by atoms with Crippen LogP contribution in [-0.2, 0) is 4.74 Å². The Balaban J connectivity index is 2.90. The molecule has 1 rings (SSSR count). The fourth-order valence-corrected chi connectivity index (χ4v) is 1.70. The van der Waals surface area contributed by atoms with E-state index in [1.807, 2.05) is 0 Å². The Hall–Kier alpha value is -2.28. The molecule has 7 heteroatoms. The minimum Gasteiger partial charge on any atom is -0.495 e. The van der Waals surface area contributed by atoms with Gasteiger partial charge < -0.3 is 19.9 Å². The summed E-state index contributed by atoms with van der Waals surface area (Å²) in [7, 11) is 1.46. The van der Waals surface area contributed by atoms with E-state index in [1.54, 1.807) is 39.8 Å². The third-order valence-electron chi connectivity index (χ3n) is 2.66. The summed E-state index contributed by atoms with van der Waals surface area (Å²) in [5.41, 5.74) is 0.0211. The van der Waals surface area contributed by atoms with Crippen molar-refractivity contribution < 1.29 is 24.2 Å². The molecule has 0 spiro atoms. The fourth-order valence-electron chi connectivity index (χ4n) is 1.70. The molecule has 2 amide bonds. The molecule has 0 aliphatic carbocycles. The lowest BCUT2D eigenvalue weighted by molar-refractivity contribution is 0.0635. The molecule has 3 N–H and O–H groups in total. The highest BCUT2D eigenvalue weighted by Crippen LogP contribution is 2.26. The van der Waals surface area contributed by atoms with Gasteiger partial charge in [0.1, 0.15) is 11.4 Å². The number of amides is 2. The monoisotopic (exact) mass is 324 g/mol. The first kappa shape index (κ1) is 18.8. The van der Waals surface area contributed by atoms with Crippen LogP contribution in [0.4, 0.5) is 10.5 Å². The van der Waals surface area contributed by atoms with E-state index in [2.05, 4.69) is 10.6 Å². The summed E-state index contributed by atoms with van der Waals surface area (Å²) in [6, 6.07) is 4.63. The van der Waals surface area contributed by atoms with Gasteiger partial charge in [-0.3, -0.25) is 10.1 Å². The van der Waals surface area contributed by atoms with E-state index in [4.69, 9.17) is 9.47 Å². The summed E-state index contributed by atoms with van der Waals surface area (Å²) in [6.45, 7) is 6.97. The molecule has 0 saturated heterocycles. The van der Waals surface area contributed by atoms with Crippen molar-refractivity contribution in [1.82, 2.24) is 5.32 Å². The van der Waals surface area contributed by atoms with Crippen LogP contribution in [0.2, 0.25) is 0 Å². The molecular formula is C16H24N2O5. The molecule has 0 bridgehead atoms. The van der Waals surface area contributed by atoms with Gasteiger partial charge in [0.25, 0.3) is 5.91 Å². The highest BCUT2D eigenvalue weighted by molar-refractivity contribution is 5.97. The molecule has 0 radical (unpaired) electrons. The normalized spacial score (nSPS) is 12.3. The molecule has 1 aromatic carbocycles. The number of carbonyl (C=O) groups is 2. The summed E-state index contributed by atoms with van der Waals surface area (Å²) < 4.78 is 10.3. The van der Waals surface area contributed by atoms with Crippen LogP contribution in [0, 0.1) is 0 Å². The van der Waals surface area contributed by atoms with Crippen LogP contribution in [0.3, 0.4) is 0 Å². The van der Waals surface area contributed by atoms with Gasteiger partial charge in [-0.2, -0.15) is 0 Å². The predicted molar refractivity (Wildman–Crippen MR) is 86.9 cm³/mol. The molecule has 128 valence electrons. The summed E-state index contributed by atoms with van der Waals surface area (Å²) >= 11 is 0. The zero-order chi connectivity index (χ0) is 17.6. The van der Waals surface area contributed by atoms with Crippen molar-refractivity contribution in [2.24, 2.45) is 0 Å². The molecule has 1 atom stereocenters. The molecule has 23 heavy (non-hydrogen) atoms. The number of aliphatic hydroxyl groups excluding tert-OH is 1. The van der Waals surface area contributed by atoms with E-state index in [9.17, 15) is 14.7 Å². The zero-order valence-corrected chi connectivity index (χ0v) is 14.1. The zero-order valence-electron chi connectivity index (χ0n) is 14.1. The van der Waals surface area contributed by atoms with Crippen molar-refractivity contribution in [1.29, 1.82) is 0 Å². The minimum absolute atomic E-state index is 0.139. The van der Waals surface area contributed by atoms with E-state index in [0.29, 0.717) is 17.0 Å². The molecule has 0 saturated carbocycles. The van der Waals surface area contributed by atoms with Gasteiger partial charge in [-0.05, 0) is 45.9 Å². The number of carbonyl (C=O) groups excluding carboxylic acids is 2. The van der Waals surface area contributed by atoms with Crippen molar-refractivity contribution in [3.63, 3.8) is 0 Å². The number of benzene rings is 1. The quantitative estimate of drug-likeness (QED) is 0.771. The molecule has 0 aliphatic heterocycles. The first-order valence-electron chi connectivity index (χ1n) is 7.26. The van der Waals surface area contributed by atoms with E-state index in [1.165, 1.54) is 13.2 Å². The molecule has 0 heterocycles. The van der Waals surface area contributed by atoms with Gasteiger partial charge in [-0.15, -0.1) is 0 Å². The summed E-state index contributed by atoms with van der Waals surface area (Å²) in [6.07, 6.45) is -1.28. The number of anilines is 1. The number of nitrogens with one attached hydrogen (secondary N) is 2. The fraction of sp³-hybridized carbons (Fsp3) is 0.500. The van der Waals surface area contributed by atoms with Gasteiger partial charge in [0.05, 0.1) is 18.9 Å². The maximum atomic E-state index is 12.0. The Kier molecular flexibility index (Phi) is 6.38. The van der Waals surface area contributed by atoms with Crippen LogP contribution in [0.1, 0.15) is 38.1 Å². The van der Waals surface area contributed by atoms with Gasteiger partial charge in [0.2, 0.25) is 0 Å². The lowest BCUT2D eigenvalue weighted by Crippen LogP contribution is -2.30. The largest absolute Gasteiger partial charge is 0.495 e. The summed E-state index contributed by atoms with van der Waals surface area (Å²) in [4.78, 5) is 23.9. The lowest BCUT2D eigenvalue weighted by Gasteiger charge is -2.20. The predicted octanol–water partition coefficient (Wildman–Crippen LogP) is 2.15. The highest BCUT2D eigenvalue weighted by atomic mass is 16.6. The second-order valence-electron chi connectivity index (χ2n) is 6.10. The summed E-state index contributed by atoms with van der Waals surface area (Å²) in [5.74, 6) is 0.0451. The maximum absolute atomic E-state index is 12.0. The second kappa shape index (κ2) is 7.82. The van der Waals surface area contributed by atoms with Crippen LogP contribution in [0.5, 0.6) is 5.75 Å². The third-order valence-corrected chi connectivity index (χ3v) is 2.66. The van der Waals surface area contributed by atoms with Crippen LogP contribution in [-0.4, -0.2) is 42.5 Å². The smallest absolute Gasteiger partial charge is 0.412 e. The number of methoxy groups -OCH3 is 1. The Morgan fingerprint density at radius 1 is 1.30 bits per heavy atom. The van der Waals surface area contributed by atoms with Crippen LogP contribution < -0.4 is 15.4 Å². The third kappa shape index (κ3) is 6.56. The molecule has 0 unspecified atom stereocenters. The first-order valence-corrected chi connectivity index (χ1v) is 7.26. The van der Waals surface area contributed by atoms with Crippen LogP contribution in [0.15, 0.2) is 18.2 Å². The molecule has 0 fully saturated rings. The van der Waals surface area contributed by atoms with Gasteiger partial charge in [-0.1, -0.05) is 0 Å². The Bertz CT molecular complexity index is 564. The maximum Gasteiger partial charge on any atom is 0.412 e. The van der Waals surface area contributed by atoms with E-state index < -0.39 is 17.8 Å². The Morgan fingerprint density at radius 3 is 2.48 bits per heavy atom. The minimum atomic E-state index is -0.642. The number of hydrogen-bond acceptors (Lipinski definition) is 5. The average molecular weight is 324 g/mol. The van der Waals surface area contributed by atoms with E-state index in [0.717, 1.165) is 0 Å². The number of hydrogen-bond donors (Lipinski definition) is 3. The second-order valence-corrected chi connectivity index (χ2v) is 6.10. The highest BCUT2D eigenvalue weighted by Gasteiger charge is 2.18. The molecule has 7 nitrogen and oxygen atoms in total. The number of aliphatic hydroxyl groups is 1. The van der Waals surface area contributed by atoms with Crippen molar-refractivity contribution >= 4 is 17.7 Å². The number of rotatable bonds is 5. The number of ether oxygens (including phenoxy) is 2. The van der Waals surface area contributed by atoms with E-state index >= 15 is 0 Å². The molecule has 0 aliphatic rings. The van der Waals surface area contributed by atoms with Crippen LogP contribution >= 0.6 is 0 Å². The van der Waals surface area contributed by atoms with Gasteiger partial charge in [-0.25, -0.2) is 4.79 Å². The lowest BCUT2D eigenvalue weighted by atomic mass is 10.1. The van der Waals surface area contributed by atoms with Gasteiger partial charge in [0.15, 0.2) is 0 Å². The molecule has 1 aromatic rings. The van der Waals surface area contributed by atoms with Crippen molar-refractivity contribution in [3.8, 4) is 5.75 Å². The van der Waals surface area contributed by atoms with Gasteiger partial charge in [0, 0.05) is 12.1 Å². The van der Waals surface area contributed by atoms with Crippen molar-refractivity contribution in [2.45, 2.75) is 39.4 Å². The van der Waals surface area contributed by atoms with Gasteiger partial charge >= 0.3 is 6.09 Å². The van der Waals surface area contributed by atoms with Crippen LogP contribution in [0.25, 0.3) is 0 Å². The summed E-state index contributed by atoms with van der Waals surface area (Å²) in [5, 5.41) is 14.3. The Morgan fingerprint density at radius 2 is 1.96 bits per heavy atom. The topological polar surface area (TPSA) is 96.9 Å². The van der Waals surface area contributed by atoms with Crippen molar-refractivity contribution in [2.75, 3.05) is 19.0 Å². The van der Waals surface area contributed by atoms with E-state index in [-0.39, 0.29) is 12.5 Å².